The van der Waals surface area contributed by atoms with E-state index < -0.39 is 0 Å². The summed E-state index contributed by atoms with van der Waals surface area (Å²) in [5, 5.41) is 0. The lowest BCUT2D eigenvalue weighted by molar-refractivity contribution is -0.117. The molecule has 2 heteroatoms. The molecule has 1 aromatic carbocycles. The molecule has 2 aliphatic rings. The first-order valence-corrected chi connectivity index (χ1v) is 7.49. The van der Waals surface area contributed by atoms with Crippen molar-refractivity contribution in [2.75, 3.05) is 6.61 Å². The summed E-state index contributed by atoms with van der Waals surface area (Å²) in [6.07, 6.45) is 6.65. The van der Waals surface area contributed by atoms with E-state index in [1.807, 2.05) is 6.08 Å². The van der Waals surface area contributed by atoms with E-state index in [1.165, 1.54) is 16.7 Å². The largest absolute Gasteiger partial charge is 0.493 e. The van der Waals surface area contributed by atoms with Crippen LogP contribution in [-0.4, -0.2) is 12.4 Å². The van der Waals surface area contributed by atoms with Crippen LogP contribution in [-0.2, 0) is 17.6 Å². The van der Waals surface area contributed by atoms with Crippen molar-refractivity contribution in [3.8, 4) is 5.75 Å². The molecule has 20 heavy (non-hydrogen) atoms. The average molecular weight is 270 g/mol. The normalized spacial score (nSPS) is 20.3. The molecule has 1 heterocycles. The number of aryl methyl sites for hydroxylation is 1. The van der Waals surface area contributed by atoms with E-state index in [-0.39, 0.29) is 5.41 Å². The standard InChI is InChI=1S/C18H22O2/c1-18(2)11-14(10-16(19)12-18)4-3-13-5-6-17-15(9-13)7-8-20-17/h5-6,9-10H,3-4,7-8,11-12H2,1-2H3. The van der Waals surface area contributed by atoms with Crippen molar-refractivity contribution in [2.24, 2.45) is 5.41 Å². The number of ether oxygens (including phenoxy) is 1. The zero-order chi connectivity index (χ0) is 14.2. The lowest BCUT2D eigenvalue weighted by Crippen LogP contribution is -2.22. The SMILES string of the molecule is CC1(C)CC(=O)C=C(CCc2ccc3c(c2)CCO3)C1. The minimum Gasteiger partial charge on any atom is -0.493 e. The quantitative estimate of drug-likeness (QED) is 0.833. The third kappa shape index (κ3) is 2.95. The molecule has 0 bridgehead atoms. The van der Waals surface area contributed by atoms with Gasteiger partial charge in [-0.25, -0.2) is 0 Å². The highest BCUT2D eigenvalue weighted by atomic mass is 16.5. The van der Waals surface area contributed by atoms with E-state index in [0.29, 0.717) is 12.2 Å². The highest BCUT2D eigenvalue weighted by molar-refractivity contribution is 5.91. The first-order valence-electron chi connectivity index (χ1n) is 7.49. The topological polar surface area (TPSA) is 26.3 Å². The second kappa shape index (κ2) is 5.08. The zero-order valence-corrected chi connectivity index (χ0v) is 12.4. The molecular weight excluding hydrogens is 248 g/mol. The Morgan fingerprint density at radius 1 is 1.20 bits per heavy atom. The number of allylic oxidation sites excluding steroid dienone is 2. The highest BCUT2D eigenvalue weighted by Crippen LogP contribution is 2.35. The van der Waals surface area contributed by atoms with Crippen LogP contribution in [0.5, 0.6) is 5.75 Å². The molecule has 2 nitrogen and oxygen atoms in total. The van der Waals surface area contributed by atoms with Crippen LogP contribution in [0.15, 0.2) is 29.8 Å². The number of rotatable bonds is 3. The van der Waals surface area contributed by atoms with Gasteiger partial charge in [-0.15, -0.1) is 0 Å². The Bertz CT molecular complexity index is 567. The molecule has 106 valence electrons. The molecule has 1 aromatic rings. The van der Waals surface area contributed by atoms with Crippen LogP contribution in [0.3, 0.4) is 0 Å². The fraction of sp³-hybridized carbons (Fsp3) is 0.500. The van der Waals surface area contributed by atoms with Crippen molar-refractivity contribution in [3.63, 3.8) is 0 Å². The lowest BCUT2D eigenvalue weighted by atomic mass is 9.75. The Morgan fingerprint density at radius 3 is 2.85 bits per heavy atom. The number of ketones is 1. The summed E-state index contributed by atoms with van der Waals surface area (Å²) in [5.41, 5.74) is 4.12. The first kappa shape index (κ1) is 13.4. The number of hydrogen-bond acceptors (Lipinski definition) is 2. The Hall–Kier alpha value is -1.57. The van der Waals surface area contributed by atoms with Crippen molar-refractivity contribution in [2.45, 2.75) is 46.0 Å². The Labute approximate surface area is 120 Å². The molecule has 0 fully saturated rings. The van der Waals surface area contributed by atoms with Gasteiger partial charge in [0.1, 0.15) is 5.75 Å². The molecule has 1 aliphatic heterocycles. The van der Waals surface area contributed by atoms with Crippen molar-refractivity contribution in [1.82, 2.24) is 0 Å². The predicted octanol–water partition coefficient (Wildman–Crippen LogP) is 3.87. The summed E-state index contributed by atoms with van der Waals surface area (Å²) >= 11 is 0. The van der Waals surface area contributed by atoms with Gasteiger partial charge in [-0.05, 0) is 47.9 Å². The van der Waals surface area contributed by atoms with Crippen molar-refractivity contribution < 1.29 is 9.53 Å². The fourth-order valence-electron chi connectivity index (χ4n) is 3.34. The third-order valence-corrected chi connectivity index (χ3v) is 4.21. The van der Waals surface area contributed by atoms with Gasteiger partial charge in [0, 0.05) is 12.8 Å². The van der Waals surface area contributed by atoms with Gasteiger partial charge in [-0.1, -0.05) is 31.6 Å². The summed E-state index contributed by atoms with van der Waals surface area (Å²) in [5.74, 6) is 1.33. The molecule has 0 radical (unpaired) electrons. The van der Waals surface area contributed by atoms with Gasteiger partial charge in [-0.2, -0.15) is 0 Å². The van der Waals surface area contributed by atoms with Crippen LogP contribution in [0.25, 0.3) is 0 Å². The van der Waals surface area contributed by atoms with Crippen LogP contribution >= 0.6 is 0 Å². The summed E-state index contributed by atoms with van der Waals surface area (Å²) in [6, 6.07) is 6.50. The molecule has 0 saturated carbocycles. The number of benzene rings is 1. The number of fused-ring (bicyclic) bond motifs is 1. The molecule has 0 amide bonds. The Balaban J connectivity index is 1.66. The molecule has 0 aromatic heterocycles. The Morgan fingerprint density at radius 2 is 2.05 bits per heavy atom. The van der Waals surface area contributed by atoms with Gasteiger partial charge < -0.3 is 4.74 Å². The van der Waals surface area contributed by atoms with E-state index in [9.17, 15) is 4.79 Å². The van der Waals surface area contributed by atoms with Gasteiger partial charge in [0.2, 0.25) is 0 Å². The number of hydrogen-bond donors (Lipinski definition) is 0. The Kier molecular flexibility index (Phi) is 3.41. The predicted molar refractivity (Wildman–Crippen MR) is 80.1 cm³/mol. The number of carbonyl (C=O) groups is 1. The van der Waals surface area contributed by atoms with Gasteiger partial charge in [0.25, 0.3) is 0 Å². The van der Waals surface area contributed by atoms with Crippen LogP contribution in [0.4, 0.5) is 0 Å². The molecular formula is C18H22O2. The van der Waals surface area contributed by atoms with Crippen molar-refractivity contribution in [1.29, 1.82) is 0 Å². The van der Waals surface area contributed by atoms with Crippen molar-refractivity contribution >= 4 is 5.78 Å². The maximum atomic E-state index is 11.8. The van der Waals surface area contributed by atoms with E-state index >= 15 is 0 Å². The average Bonchev–Trinajstić information content (AvgIpc) is 2.81. The minimum absolute atomic E-state index is 0.132. The lowest BCUT2D eigenvalue weighted by Gasteiger charge is -2.28. The third-order valence-electron chi connectivity index (χ3n) is 4.21. The fourth-order valence-corrected chi connectivity index (χ4v) is 3.34. The second-order valence-corrected chi connectivity index (χ2v) is 6.83. The molecule has 0 unspecified atom stereocenters. The first-order chi connectivity index (χ1) is 9.52. The van der Waals surface area contributed by atoms with Gasteiger partial charge in [0.15, 0.2) is 5.78 Å². The van der Waals surface area contributed by atoms with E-state index in [4.69, 9.17) is 4.74 Å². The van der Waals surface area contributed by atoms with Gasteiger partial charge in [-0.3, -0.25) is 4.79 Å². The van der Waals surface area contributed by atoms with Crippen molar-refractivity contribution in [3.05, 3.63) is 41.0 Å². The number of carbonyl (C=O) groups excluding carboxylic acids is 1. The van der Waals surface area contributed by atoms with Crippen LogP contribution in [0, 0.1) is 5.41 Å². The maximum Gasteiger partial charge on any atom is 0.156 e. The molecule has 1 aliphatic carbocycles. The molecule has 3 rings (SSSR count). The summed E-state index contributed by atoms with van der Waals surface area (Å²) in [4.78, 5) is 11.8. The van der Waals surface area contributed by atoms with E-state index in [2.05, 4.69) is 32.0 Å². The molecule has 0 spiro atoms. The molecule has 0 N–H and O–H groups in total. The van der Waals surface area contributed by atoms with Crippen LogP contribution in [0.2, 0.25) is 0 Å². The minimum atomic E-state index is 0.132. The van der Waals surface area contributed by atoms with Gasteiger partial charge >= 0.3 is 0 Å². The summed E-state index contributed by atoms with van der Waals surface area (Å²) in [7, 11) is 0. The smallest absolute Gasteiger partial charge is 0.156 e. The highest BCUT2D eigenvalue weighted by Gasteiger charge is 2.27. The maximum absolute atomic E-state index is 11.8. The summed E-state index contributed by atoms with van der Waals surface area (Å²) in [6.45, 7) is 5.18. The van der Waals surface area contributed by atoms with E-state index in [1.54, 1.807) is 0 Å². The van der Waals surface area contributed by atoms with E-state index in [0.717, 1.165) is 38.0 Å². The molecule has 0 atom stereocenters. The zero-order valence-electron chi connectivity index (χ0n) is 12.4. The van der Waals surface area contributed by atoms with Crippen LogP contribution < -0.4 is 4.74 Å². The molecule has 0 saturated heterocycles. The monoisotopic (exact) mass is 270 g/mol. The summed E-state index contributed by atoms with van der Waals surface area (Å²) < 4.78 is 5.53. The second-order valence-electron chi connectivity index (χ2n) is 6.83. The van der Waals surface area contributed by atoms with Gasteiger partial charge in [0.05, 0.1) is 6.61 Å². The van der Waals surface area contributed by atoms with Crippen LogP contribution in [0.1, 0.15) is 44.2 Å².